The third-order valence-electron chi connectivity index (χ3n) is 1.99. The van der Waals surface area contributed by atoms with Crippen LogP contribution in [-0.2, 0) is 0 Å². The van der Waals surface area contributed by atoms with Gasteiger partial charge in [0, 0.05) is 4.91 Å². The van der Waals surface area contributed by atoms with Crippen LogP contribution in [0.3, 0.4) is 0 Å². The Morgan fingerprint density at radius 3 is 2.58 bits per heavy atom. The lowest BCUT2D eigenvalue weighted by atomic mass is 10.2. The van der Waals surface area contributed by atoms with Crippen molar-refractivity contribution in [2.75, 3.05) is 5.75 Å². The molecule has 0 saturated heterocycles. The molecular formula is C11H12S. The minimum Gasteiger partial charge on any atom is -0.126 e. The zero-order valence-electron chi connectivity index (χ0n) is 6.99. The van der Waals surface area contributed by atoms with Gasteiger partial charge in [0.2, 0.25) is 0 Å². The van der Waals surface area contributed by atoms with E-state index in [1.54, 1.807) is 0 Å². The molecule has 1 aromatic rings. The quantitative estimate of drug-likeness (QED) is 0.630. The summed E-state index contributed by atoms with van der Waals surface area (Å²) < 4.78 is 0. The van der Waals surface area contributed by atoms with Gasteiger partial charge in [-0.25, -0.2) is 0 Å². The van der Waals surface area contributed by atoms with Crippen LogP contribution in [0.15, 0.2) is 36.4 Å². The summed E-state index contributed by atoms with van der Waals surface area (Å²) in [4.78, 5) is 1.46. The maximum absolute atomic E-state index is 2.35. The first-order valence-electron chi connectivity index (χ1n) is 4.35. The molecule has 0 N–H and O–H groups in total. The zero-order valence-corrected chi connectivity index (χ0v) is 7.81. The lowest BCUT2D eigenvalue weighted by molar-refractivity contribution is 0.969. The Balaban J connectivity index is 2.24. The summed E-state index contributed by atoms with van der Waals surface area (Å²) >= 11 is 1.98. The average Bonchev–Trinajstić information content (AvgIpc) is 2.21. The number of benzene rings is 1. The van der Waals surface area contributed by atoms with Crippen LogP contribution in [0.1, 0.15) is 18.4 Å². The molecule has 12 heavy (non-hydrogen) atoms. The summed E-state index contributed by atoms with van der Waals surface area (Å²) in [5, 5.41) is 0. The highest BCUT2D eigenvalue weighted by Gasteiger charge is 2.04. The molecule has 0 aliphatic carbocycles. The summed E-state index contributed by atoms with van der Waals surface area (Å²) in [6, 6.07) is 10.6. The van der Waals surface area contributed by atoms with Crippen molar-refractivity contribution in [3.63, 3.8) is 0 Å². The smallest absolute Gasteiger partial charge is 0.0104 e. The number of thioether (sulfide) groups is 1. The Morgan fingerprint density at radius 1 is 1.08 bits per heavy atom. The van der Waals surface area contributed by atoms with Gasteiger partial charge in [0.15, 0.2) is 0 Å². The fourth-order valence-electron chi connectivity index (χ4n) is 1.36. The normalized spacial score (nSPS) is 17.2. The van der Waals surface area contributed by atoms with Crippen LogP contribution in [0.2, 0.25) is 0 Å². The van der Waals surface area contributed by atoms with Gasteiger partial charge in [-0.2, -0.15) is 0 Å². The van der Waals surface area contributed by atoms with Crippen LogP contribution >= 0.6 is 11.8 Å². The van der Waals surface area contributed by atoms with Gasteiger partial charge in [-0.1, -0.05) is 36.4 Å². The van der Waals surface area contributed by atoms with E-state index >= 15 is 0 Å². The molecule has 0 fully saturated rings. The number of rotatable bonds is 1. The van der Waals surface area contributed by atoms with E-state index in [1.165, 1.54) is 29.1 Å². The minimum absolute atomic E-state index is 1.25. The van der Waals surface area contributed by atoms with E-state index in [-0.39, 0.29) is 0 Å². The lowest BCUT2D eigenvalue weighted by Crippen LogP contribution is -1.89. The number of hydrogen-bond acceptors (Lipinski definition) is 1. The Hall–Kier alpha value is -0.690. The van der Waals surface area contributed by atoms with E-state index in [2.05, 4.69) is 36.4 Å². The summed E-state index contributed by atoms with van der Waals surface area (Å²) in [5.41, 5.74) is 1.38. The number of hydrogen-bond donors (Lipinski definition) is 0. The minimum atomic E-state index is 1.25. The van der Waals surface area contributed by atoms with Gasteiger partial charge in [0.25, 0.3) is 0 Å². The van der Waals surface area contributed by atoms with Gasteiger partial charge in [0.1, 0.15) is 0 Å². The molecule has 1 aliphatic rings. The highest BCUT2D eigenvalue weighted by atomic mass is 32.2. The van der Waals surface area contributed by atoms with Crippen LogP contribution in [-0.4, -0.2) is 5.75 Å². The Kier molecular flexibility index (Phi) is 2.52. The van der Waals surface area contributed by atoms with E-state index in [4.69, 9.17) is 0 Å². The first-order valence-corrected chi connectivity index (χ1v) is 5.34. The lowest BCUT2D eigenvalue weighted by Gasteiger charge is -2.11. The van der Waals surface area contributed by atoms with Crippen LogP contribution in [0.4, 0.5) is 0 Å². The van der Waals surface area contributed by atoms with E-state index in [9.17, 15) is 0 Å². The fraction of sp³-hybridized carbons (Fsp3) is 0.273. The van der Waals surface area contributed by atoms with Gasteiger partial charge in [0.05, 0.1) is 0 Å². The molecule has 0 radical (unpaired) electrons. The molecule has 0 spiro atoms. The van der Waals surface area contributed by atoms with Crippen molar-refractivity contribution >= 4 is 16.7 Å². The van der Waals surface area contributed by atoms with Crippen LogP contribution in [0.5, 0.6) is 0 Å². The monoisotopic (exact) mass is 176 g/mol. The topological polar surface area (TPSA) is 0 Å². The molecule has 2 rings (SSSR count). The molecule has 0 atom stereocenters. The van der Waals surface area contributed by atoms with Crippen LogP contribution < -0.4 is 0 Å². The number of allylic oxidation sites excluding steroid dienone is 1. The molecule has 1 aliphatic heterocycles. The SMILES string of the molecule is C1=C(c2ccccc2)SCCC1. The van der Waals surface area contributed by atoms with Gasteiger partial charge >= 0.3 is 0 Å². The molecule has 1 heterocycles. The second kappa shape index (κ2) is 3.81. The van der Waals surface area contributed by atoms with Crippen molar-refractivity contribution in [3.8, 4) is 0 Å². The zero-order chi connectivity index (χ0) is 8.23. The van der Waals surface area contributed by atoms with Crippen molar-refractivity contribution in [1.82, 2.24) is 0 Å². The molecule has 0 nitrogen and oxygen atoms in total. The Labute approximate surface area is 77.7 Å². The molecule has 1 heteroatoms. The van der Waals surface area contributed by atoms with Gasteiger partial charge < -0.3 is 0 Å². The van der Waals surface area contributed by atoms with E-state index in [0.717, 1.165) is 0 Å². The molecule has 1 aromatic carbocycles. The van der Waals surface area contributed by atoms with Gasteiger partial charge in [-0.3, -0.25) is 0 Å². The molecule has 0 saturated carbocycles. The van der Waals surface area contributed by atoms with E-state index in [1.807, 2.05) is 11.8 Å². The predicted molar refractivity (Wildman–Crippen MR) is 56.1 cm³/mol. The van der Waals surface area contributed by atoms with Crippen LogP contribution in [0, 0.1) is 0 Å². The highest BCUT2D eigenvalue weighted by molar-refractivity contribution is 8.08. The predicted octanol–water partition coefficient (Wildman–Crippen LogP) is 3.55. The molecular weight excluding hydrogens is 164 g/mol. The summed E-state index contributed by atoms with van der Waals surface area (Å²) in [6.07, 6.45) is 4.93. The molecule has 0 unspecified atom stereocenters. The third-order valence-corrected chi connectivity index (χ3v) is 3.20. The molecule has 0 amide bonds. The highest BCUT2D eigenvalue weighted by Crippen LogP contribution is 2.32. The van der Waals surface area contributed by atoms with Gasteiger partial charge in [-0.15, -0.1) is 11.8 Å². The molecule has 0 aromatic heterocycles. The van der Waals surface area contributed by atoms with Gasteiger partial charge in [-0.05, 0) is 24.2 Å². The van der Waals surface area contributed by atoms with Crippen molar-refractivity contribution in [1.29, 1.82) is 0 Å². The summed E-state index contributed by atoms with van der Waals surface area (Å²) in [6.45, 7) is 0. The van der Waals surface area contributed by atoms with Crippen molar-refractivity contribution in [2.45, 2.75) is 12.8 Å². The fourth-order valence-corrected chi connectivity index (χ4v) is 2.43. The standard InChI is InChI=1S/C11H12S/c1-2-6-10(7-3-1)11-8-4-5-9-12-11/h1-3,6-8H,4-5,9H2. The van der Waals surface area contributed by atoms with E-state index in [0.29, 0.717) is 0 Å². The van der Waals surface area contributed by atoms with Crippen molar-refractivity contribution < 1.29 is 0 Å². The second-order valence-corrected chi connectivity index (χ2v) is 4.06. The Morgan fingerprint density at radius 2 is 1.92 bits per heavy atom. The first-order chi connectivity index (χ1) is 5.97. The summed E-state index contributed by atoms with van der Waals surface area (Å²) in [5.74, 6) is 1.28. The maximum atomic E-state index is 2.35. The Bertz CT molecular complexity index is 274. The molecule has 62 valence electrons. The first kappa shape index (κ1) is 7.93. The van der Waals surface area contributed by atoms with Crippen molar-refractivity contribution in [2.24, 2.45) is 0 Å². The largest absolute Gasteiger partial charge is 0.126 e. The van der Waals surface area contributed by atoms with E-state index < -0.39 is 0 Å². The second-order valence-electron chi connectivity index (χ2n) is 2.93. The van der Waals surface area contributed by atoms with Crippen LogP contribution in [0.25, 0.3) is 4.91 Å². The molecule has 0 bridgehead atoms. The maximum Gasteiger partial charge on any atom is 0.0104 e. The van der Waals surface area contributed by atoms with Crippen molar-refractivity contribution in [3.05, 3.63) is 42.0 Å². The average molecular weight is 176 g/mol. The third kappa shape index (κ3) is 1.72. The summed E-state index contributed by atoms with van der Waals surface area (Å²) in [7, 11) is 0.